The van der Waals surface area contributed by atoms with Crippen molar-refractivity contribution in [2.45, 2.75) is 13.3 Å². The summed E-state index contributed by atoms with van der Waals surface area (Å²) in [7, 11) is 3.05. The Hall–Kier alpha value is -2.55. The molecule has 22 heavy (non-hydrogen) atoms. The van der Waals surface area contributed by atoms with Gasteiger partial charge in [-0.25, -0.2) is 4.79 Å². The van der Waals surface area contributed by atoms with Crippen LogP contribution in [0.1, 0.15) is 12.5 Å². The number of hydrogen-bond donors (Lipinski definition) is 0. The van der Waals surface area contributed by atoms with E-state index < -0.39 is 0 Å². The fraction of sp³-hybridized carbons (Fsp3) is 0.211. The summed E-state index contributed by atoms with van der Waals surface area (Å²) in [4.78, 5) is 11.2. The molecule has 2 aromatic carbocycles. The van der Waals surface area contributed by atoms with Crippen LogP contribution in [0.15, 0.2) is 60.2 Å². The Labute approximate surface area is 131 Å². The predicted octanol–water partition coefficient (Wildman–Crippen LogP) is 4.02. The average molecular weight is 296 g/mol. The summed E-state index contributed by atoms with van der Waals surface area (Å²) in [5.74, 6) is 0.531. The van der Waals surface area contributed by atoms with Crippen molar-refractivity contribution in [3.8, 4) is 16.9 Å². The van der Waals surface area contributed by atoms with Crippen LogP contribution in [0.2, 0.25) is 0 Å². The van der Waals surface area contributed by atoms with E-state index in [1.54, 1.807) is 7.11 Å². The Morgan fingerprint density at radius 3 is 2.41 bits per heavy atom. The minimum absolute atomic E-state index is 0.314. The van der Waals surface area contributed by atoms with Crippen LogP contribution >= 0.6 is 0 Å². The van der Waals surface area contributed by atoms with Crippen molar-refractivity contribution in [1.82, 2.24) is 0 Å². The molecule has 114 valence electrons. The average Bonchev–Trinajstić information content (AvgIpc) is 2.55. The van der Waals surface area contributed by atoms with Crippen LogP contribution in [0.5, 0.6) is 5.75 Å². The van der Waals surface area contributed by atoms with Gasteiger partial charge in [-0.3, -0.25) is 0 Å². The number of hydrogen-bond acceptors (Lipinski definition) is 3. The lowest BCUT2D eigenvalue weighted by Gasteiger charge is -2.07. The second-order valence-electron chi connectivity index (χ2n) is 5.12. The Morgan fingerprint density at radius 1 is 1.05 bits per heavy atom. The van der Waals surface area contributed by atoms with Crippen LogP contribution in [0.3, 0.4) is 0 Å². The van der Waals surface area contributed by atoms with Crippen molar-refractivity contribution >= 4 is 5.97 Å². The van der Waals surface area contributed by atoms with Crippen LogP contribution < -0.4 is 4.74 Å². The van der Waals surface area contributed by atoms with Gasteiger partial charge < -0.3 is 9.47 Å². The lowest BCUT2D eigenvalue weighted by molar-refractivity contribution is -0.134. The normalized spacial score (nSPS) is 11.1. The molecule has 3 nitrogen and oxygen atoms in total. The Bertz CT molecular complexity index is 669. The molecule has 0 radical (unpaired) electrons. The van der Waals surface area contributed by atoms with Gasteiger partial charge in [-0.15, -0.1) is 0 Å². The first-order chi connectivity index (χ1) is 10.6. The van der Waals surface area contributed by atoms with E-state index in [-0.39, 0.29) is 5.97 Å². The lowest BCUT2D eigenvalue weighted by Crippen LogP contribution is -1.97. The Kier molecular flexibility index (Phi) is 5.37. The molecule has 0 amide bonds. The topological polar surface area (TPSA) is 35.5 Å². The summed E-state index contributed by atoms with van der Waals surface area (Å²) in [6, 6.07) is 16.3. The van der Waals surface area contributed by atoms with E-state index in [9.17, 15) is 4.79 Å². The highest BCUT2D eigenvalue weighted by Crippen LogP contribution is 2.24. The highest BCUT2D eigenvalue weighted by molar-refractivity contribution is 5.82. The fourth-order valence-corrected chi connectivity index (χ4v) is 2.25. The van der Waals surface area contributed by atoms with Gasteiger partial charge in [-0.05, 0) is 42.2 Å². The third-order valence-corrected chi connectivity index (χ3v) is 3.41. The summed E-state index contributed by atoms with van der Waals surface area (Å²) < 4.78 is 9.88. The molecule has 0 aromatic heterocycles. The molecule has 0 saturated carbocycles. The number of methoxy groups -OCH3 is 2. The molecule has 0 fully saturated rings. The van der Waals surface area contributed by atoms with E-state index in [2.05, 4.69) is 35.1 Å². The van der Waals surface area contributed by atoms with E-state index in [1.807, 2.05) is 25.1 Å². The van der Waals surface area contributed by atoms with Gasteiger partial charge in [-0.2, -0.15) is 0 Å². The summed E-state index contributed by atoms with van der Waals surface area (Å²) in [5.41, 5.74) is 4.38. The van der Waals surface area contributed by atoms with Gasteiger partial charge in [0.1, 0.15) is 5.75 Å². The Balaban J connectivity index is 2.13. The van der Waals surface area contributed by atoms with Gasteiger partial charge in [0.25, 0.3) is 0 Å². The predicted molar refractivity (Wildman–Crippen MR) is 87.9 cm³/mol. The van der Waals surface area contributed by atoms with Crippen molar-refractivity contribution in [2.24, 2.45) is 0 Å². The first-order valence-electron chi connectivity index (χ1n) is 7.11. The van der Waals surface area contributed by atoms with Crippen molar-refractivity contribution < 1.29 is 14.3 Å². The third-order valence-electron chi connectivity index (χ3n) is 3.41. The number of allylic oxidation sites excluding steroid dienone is 1. The molecule has 2 aromatic rings. The standard InChI is InChI=1S/C19H20O3/c1-14(12-19(20)22-3)11-15-7-9-16(10-8-15)17-5-4-6-18(13-17)21-2/h4-10,12-13H,11H2,1-3H3/b14-12+. The first kappa shape index (κ1) is 15.8. The molecular formula is C19H20O3. The van der Waals surface area contributed by atoms with E-state index in [1.165, 1.54) is 13.2 Å². The number of rotatable bonds is 5. The van der Waals surface area contributed by atoms with E-state index >= 15 is 0 Å². The smallest absolute Gasteiger partial charge is 0.330 e. The van der Waals surface area contributed by atoms with Gasteiger partial charge >= 0.3 is 5.97 Å². The van der Waals surface area contributed by atoms with E-state index in [0.29, 0.717) is 0 Å². The molecule has 0 N–H and O–H groups in total. The quantitative estimate of drug-likeness (QED) is 0.617. The molecule has 0 heterocycles. The summed E-state index contributed by atoms with van der Waals surface area (Å²) in [6.45, 7) is 1.92. The summed E-state index contributed by atoms with van der Waals surface area (Å²) in [5, 5.41) is 0. The minimum atomic E-state index is -0.314. The fourth-order valence-electron chi connectivity index (χ4n) is 2.25. The number of carbonyl (C=O) groups excluding carboxylic acids is 1. The van der Waals surface area contributed by atoms with Crippen LogP contribution in [0.25, 0.3) is 11.1 Å². The minimum Gasteiger partial charge on any atom is -0.497 e. The number of carbonyl (C=O) groups is 1. The highest BCUT2D eigenvalue weighted by atomic mass is 16.5. The monoisotopic (exact) mass is 296 g/mol. The molecule has 0 unspecified atom stereocenters. The second-order valence-corrected chi connectivity index (χ2v) is 5.12. The third kappa shape index (κ3) is 4.22. The van der Waals surface area contributed by atoms with E-state index in [4.69, 9.17) is 4.74 Å². The molecule has 2 rings (SSSR count). The van der Waals surface area contributed by atoms with Crippen LogP contribution in [-0.4, -0.2) is 20.2 Å². The summed E-state index contributed by atoms with van der Waals surface area (Å²) in [6.07, 6.45) is 2.25. The first-order valence-corrected chi connectivity index (χ1v) is 7.11. The van der Waals surface area contributed by atoms with Crippen LogP contribution in [0, 0.1) is 0 Å². The maximum Gasteiger partial charge on any atom is 0.330 e. The van der Waals surface area contributed by atoms with Gasteiger partial charge in [0, 0.05) is 6.08 Å². The van der Waals surface area contributed by atoms with Crippen LogP contribution in [-0.2, 0) is 16.0 Å². The summed E-state index contributed by atoms with van der Waals surface area (Å²) >= 11 is 0. The molecule has 0 aliphatic heterocycles. The molecule has 0 atom stereocenters. The van der Waals surface area contributed by atoms with Crippen LogP contribution in [0.4, 0.5) is 0 Å². The zero-order chi connectivity index (χ0) is 15.9. The zero-order valence-electron chi connectivity index (χ0n) is 13.1. The number of benzene rings is 2. The van der Waals surface area contributed by atoms with Crippen molar-refractivity contribution in [1.29, 1.82) is 0 Å². The number of esters is 1. The molecule has 0 spiro atoms. The second kappa shape index (κ2) is 7.46. The van der Waals surface area contributed by atoms with Crippen molar-refractivity contribution in [3.05, 3.63) is 65.7 Å². The molecule has 3 heteroatoms. The molecule has 0 aliphatic rings. The van der Waals surface area contributed by atoms with E-state index in [0.717, 1.165) is 34.4 Å². The largest absolute Gasteiger partial charge is 0.497 e. The lowest BCUT2D eigenvalue weighted by atomic mass is 10.0. The molecular weight excluding hydrogens is 276 g/mol. The molecule has 0 saturated heterocycles. The van der Waals surface area contributed by atoms with Crippen molar-refractivity contribution in [2.75, 3.05) is 14.2 Å². The SMILES string of the molecule is COC(=O)/C=C(\C)Cc1ccc(-c2cccc(OC)c2)cc1. The highest BCUT2D eigenvalue weighted by Gasteiger charge is 2.02. The molecule has 0 aliphatic carbocycles. The molecule has 0 bridgehead atoms. The maximum atomic E-state index is 11.2. The van der Waals surface area contributed by atoms with Gasteiger partial charge in [0.05, 0.1) is 14.2 Å². The van der Waals surface area contributed by atoms with Crippen molar-refractivity contribution in [3.63, 3.8) is 0 Å². The van der Waals surface area contributed by atoms with Gasteiger partial charge in [0.2, 0.25) is 0 Å². The number of ether oxygens (including phenoxy) is 2. The van der Waals surface area contributed by atoms with Gasteiger partial charge in [0.15, 0.2) is 0 Å². The zero-order valence-corrected chi connectivity index (χ0v) is 13.1. The van der Waals surface area contributed by atoms with Gasteiger partial charge in [-0.1, -0.05) is 42.0 Å². The maximum absolute atomic E-state index is 11.2. The Morgan fingerprint density at radius 2 is 1.77 bits per heavy atom.